The van der Waals surface area contributed by atoms with Crippen LogP contribution in [0.15, 0.2) is 26.6 Å². The van der Waals surface area contributed by atoms with Crippen molar-refractivity contribution in [3.8, 4) is 5.75 Å². The minimum absolute atomic E-state index is 0.192. The van der Waals surface area contributed by atoms with E-state index in [-0.39, 0.29) is 5.09 Å². The van der Waals surface area contributed by atoms with Gasteiger partial charge in [0.15, 0.2) is 10.8 Å². The zero-order valence-corrected chi connectivity index (χ0v) is 5.26. The first kappa shape index (κ1) is 6.22. The molecule has 0 fully saturated rings. The molecule has 0 spiro atoms. The summed E-state index contributed by atoms with van der Waals surface area (Å²) in [4.78, 5) is 10.5. The van der Waals surface area contributed by atoms with E-state index in [0.29, 0.717) is 0 Å². The van der Waals surface area contributed by atoms with Gasteiger partial charge in [0.25, 0.3) is 0 Å². The van der Waals surface area contributed by atoms with E-state index in [2.05, 4.69) is 17.0 Å². The number of aromatic hydroxyl groups is 1. The molecule has 0 radical (unpaired) electrons. The van der Waals surface area contributed by atoms with Crippen molar-refractivity contribution in [1.29, 1.82) is 0 Å². The van der Waals surface area contributed by atoms with Crippen LogP contribution in [0.25, 0.3) is 0 Å². The highest BCUT2D eigenvalue weighted by Gasteiger charge is 1.95. The molecular weight excluding hydrogens is 140 g/mol. The van der Waals surface area contributed by atoms with Crippen LogP contribution in [0.3, 0.4) is 0 Å². The molecule has 0 unspecified atom stereocenters. The number of hydrogen-bond acceptors (Lipinski definition) is 4. The smallest absolute Gasteiger partial charge is 0.227 e. The summed E-state index contributed by atoms with van der Waals surface area (Å²) < 4.78 is 4.55. The third-order valence-electron chi connectivity index (χ3n) is 0.798. The molecule has 0 aliphatic rings. The predicted molar refractivity (Wildman–Crippen MR) is 33.9 cm³/mol. The Bertz CT molecular complexity index is 265. The fraction of sp³-hybridized carbons (Fsp3) is 0. The molecule has 0 bridgehead atoms. The van der Waals surface area contributed by atoms with E-state index in [4.69, 9.17) is 5.11 Å². The van der Waals surface area contributed by atoms with Crippen LogP contribution < -0.4 is 5.43 Å². The maximum absolute atomic E-state index is 10.5. The zero-order valence-electron chi connectivity index (χ0n) is 4.37. The molecule has 0 amide bonds. The number of hydrogen-bond donors (Lipinski definition) is 2. The average Bonchev–Trinajstić information content (AvgIpc) is 1.80. The number of thiol groups is 1. The van der Waals surface area contributed by atoms with Crippen LogP contribution in [0.5, 0.6) is 5.75 Å². The highest BCUT2D eigenvalue weighted by atomic mass is 32.1. The van der Waals surface area contributed by atoms with Crippen LogP contribution >= 0.6 is 12.6 Å². The van der Waals surface area contributed by atoms with Gasteiger partial charge in [-0.25, -0.2) is 0 Å². The second-order valence-corrected chi connectivity index (χ2v) is 1.91. The van der Waals surface area contributed by atoms with Gasteiger partial charge in [-0.2, -0.15) is 0 Å². The fourth-order valence-corrected chi connectivity index (χ4v) is 0.564. The highest BCUT2D eigenvalue weighted by molar-refractivity contribution is 7.80. The topological polar surface area (TPSA) is 50.4 Å². The lowest BCUT2D eigenvalue weighted by Gasteiger charge is -1.88. The Morgan fingerprint density at radius 1 is 1.67 bits per heavy atom. The van der Waals surface area contributed by atoms with Crippen molar-refractivity contribution in [3.63, 3.8) is 0 Å². The first-order valence-corrected chi connectivity index (χ1v) is 2.65. The summed E-state index contributed by atoms with van der Waals surface area (Å²) in [5.74, 6) is -0.396. The molecule has 0 aliphatic heterocycles. The Balaban J connectivity index is 3.34. The third-order valence-corrected chi connectivity index (χ3v) is 1.03. The van der Waals surface area contributed by atoms with Crippen molar-refractivity contribution in [1.82, 2.24) is 0 Å². The number of rotatable bonds is 0. The summed E-state index contributed by atoms with van der Waals surface area (Å²) in [6.07, 6.45) is 0.949. The summed E-state index contributed by atoms with van der Waals surface area (Å²) in [5, 5.41) is 8.80. The van der Waals surface area contributed by atoms with Gasteiger partial charge in [0.05, 0.1) is 0 Å². The largest absolute Gasteiger partial charge is 0.502 e. The van der Waals surface area contributed by atoms with Gasteiger partial charge < -0.3 is 9.52 Å². The van der Waals surface area contributed by atoms with E-state index >= 15 is 0 Å². The molecular formula is C5H4O3S. The zero-order chi connectivity index (χ0) is 6.85. The van der Waals surface area contributed by atoms with Gasteiger partial charge in [0.1, 0.15) is 6.26 Å². The van der Waals surface area contributed by atoms with Crippen LogP contribution in [0, 0.1) is 0 Å². The first-order valence-electron chi connectivity index (χ1n) is 2.21. The second kappa shape index (κ2) is 2.14. The monoisotopic (exact) mass is 144 g/mol. The molecule has 9 heavy (non-hydrogen) atoms. The molecule has 0 saturated carbocycles. The van der Waals surface area contributed by atoms with Crippen LogP contribution in [-0.4, -0.2) is 5.11 Å². The lowest BCUT2D eigenvalue weighted by Crippen LogP contribution is -1.95. The first-order chi connectivity index (χ1) is 4.20. The summed E-state index contributed by atoms with van der Waals surface area (Å²) in [5.41, 5.74) is -0.480. The van der Waals surface area contributed by atoms with Crippen molar-refractivity contribution < 1.29 is 9.52 Å². The molecule has 1 heterocycles. The van der Waals surface area contributed by atoms with Crippen molar-refractivity contribution in [3.05, 3.63) is 22.6 Å². The molecule has 1 aromatic rings. The fourth-order valence-electron chi connectivity index (χ4n) is 0.394. The molecule has 0 atom stereocenters. The Morgan fingerprint density at radius 2 is 2.33 bits per heavy atom. The van der Waals surface area contributed by atoms with Crippen LogP contribution in [0.1, 0.15) is 0 Å². The Kier molecular flexibility index (Phi) is 1.48. The minimum Gasteiger partial charge on any atom is -0.502 e. The summed E-state index contributed by atoms with van der Waals surface area (Å²) in [6.45, 7) is 0. The van der Waals surface area contributed by atoms with E-state index in [1.807, 2.05) is 0 Å². The van der Waals surface area contributed by atoms with Gasteiger partial charge in [-0.05, 0) is 0 Å². The van der Waals surface area contributed by atoms with Gasteiger partial charge in [-0.15, -0.1) is 12.6 Å². The molecule has 1 rings (SSSR count). The molecule has 0 saturated heterocycles. The molecule has 48 valence electrons. The predicted octanol–water partition coefficient (Wildman–Crippen LogP) is 0.634. The van der Waals surface area contributed by atoms with Crippen molar-refractivity contribution >= 4 is 12.6 Å². The molecule has 0 aromatic carbocycles. The summed E-state index contributed by atoms with van der Waals surface area (Å²) >= 11 is 3.72. The van der Waals surface area contributed by atoms with Crippen molar-refractivity contribution in [2.24, 2.45) is 0 Å². The summed E-state index contributed by atoms with van der Waals surface area (Å²) in [7, 11) is 0. The standard InChI is InChI=1S/C5H4O3S/c6-3-1-5(9)8-2-4(3)7/h1-2,7,9H. The van der Waals surface area contributed by atoms with Gasteiger partial charge in [-0.1, -0.05) is 0 Å². The third kappa shape index (κ3) is 1.26. The highest BCUT2D eigenvalue weighted by Crippen LogP contribution is 2.05. The van der Waals surface area contributed by atoms with Crippen molar-refractivity contribution in [2.75, 3.05) is 0 Å². The maximum Gasteiger partial charge on any atom is 0.227 e. The van der Waals surface area contributed by atoms with E-state index in [1.165, 1.54) is 0 Å². The average molecular weight is 144 g/mol. The molecule has 1 aromatic heterocycles. The van der Waals surface area contributed by atoms with Gasteiger partial charge in [0, 0.05) is 6.07 Å². The van der Waals surface area contributed by atoms with Crippen LogP contribution in [0.2, 0.25) is 0 Å². The van der Waals surface area contributed by atoms with Gasteiger partial charge >= 0.3 is 0 Å². The molecule has 0 aliphatic carbocycles. The molecule has 1 N–H and O–H groups in total. The Labute approximate surface area is 56.3 Å². The normalized spacial score (nSPS) is 9.44. The minimum atomic E-state index is -0.480. The van der Waals surface area contributed by atoms with E-state index in [9.17, 15) is 4.79 Å². The van der Waals surface area contributed by atoms with Crippen LogP contribution in [-0.2, 0) is 0 Å². The van der Waals surface area contributed by atoms with Gasteiger partial charge in [0.2, 0.25) is 5.43 Å². The second-order valence-electron chi connectivity index (χ2n) is 1.47. The van der Waals surface area contributed by atoms with Crippen LogP contribution in [0.4, 0.5) is 0 Å². The Hall–Kier alpha value is -0.900. The van der Waals surface area contributed by atoms with E-state index in [0.717, 1.165) is 12.3 Å². The SMILES string of the molecule is O=c1cc(S)occ1O. The lowest BCUT2D eigenvalue weighted by molar-refractivity contribution is 0.394. The van der Waals surface area contributed by atoms with E-state index in [1.54, 1.807) is 0 Å². The van der Waals surface area contributed by atoms with Gasteiger partial charge in [-0.3, -0.25) is 4.79 Å². The summed E-state index contributed by atoms with van der Waals surface area (Å²) in [6, 6.07) is 1.10. The Morgan fingerprint density at radius 3 is 2.78 bits per heavy atom. The molecule has 3 nitrogen and oxygen atoms in total. The molecule has 4 heteroatoms. The lowest BCUT2D eigenvalue weighted by atomic mass is 10.5. The van der Waals surface area contributed by atoms with E-state index < -0.39 is 11.2 Å². The maximum atomic E-state index is 10.5. The quantitative estimate of drug-likeness (QED) is 0.525. The van der Waals surface area contributed by atoms with Crippen molar-refractivity contribution in [2.45, 2.75) is 5.09 Å².